The van der Waals surface area contributed by atoms with Crippen LogP contribution in [0.1, 0.15) is 42.5 Å². The second-order valence-corrected chi connectivity index (χ2v) is 8.07. The monoisotopic (exact) mass is 350 g/mol. The molecule has 1 aromatic heterocycles. The van der Waals surface area contributed by atoms with Gasteiger partial charge in [-0.15, -0.1) is 0 Å². The molecule has 1 heterocycles. The maximum atomic E-state index is 12.4. The van der Waals surface area contributed by atoms with Crippen molar-refractivity contribution >= 4 is 22.5 Å². The molecular formula is C21H22N2OS. The molecule has 1 N–H and O–H groups in total. The number of nitrogens with one attached hydrogen (secondary N) is 1. The smallest absolute Gasteiger partial charge is 0.254 e. The van der Waals surface area contributed by atoms with Crippen molar-refractivity contribution in [3.8, 4) is 0 Å². The second-order valence-electron chi connectivity index (χ2n) is 6.78. The Hall–Kier alpha value is -2.07. The highest BCUT2D eigenvalue weighted by molar-refractivity contribution is 7.99. The zero-order valence-electron chi connectivity index (χ0n) is 14.4. The SMILES string of the molecule is Cc1c(Cc2cccc3ccccc23)nc(SC2CCCC2)[nH]c1=O. The van der Waals surface area contributed by atoms with Crippen molar-refractivity contribution < 1.29 is 0 Å². The molecule has 3 aromatic rings. The molecule has 0 amide bonds. The van der Waals surface area contributed by atoms with Gasteiger partial charge in [0, 0.05) is 17.2 Å². The van der Waals surface area contributed by atoms with Gasteiger partial charge in [0.1, 0.15) is 0 Å². The lowest BCUT2D eigenvalue weighted by Gasteiger charge is -2.12. The molecule has 0 radical (unpaired) electrons. The van der Waals surface area contributed by atoms with Crippen LogP contribution < -0.4 is 5.56 Å². The summed E-state index contributed by atoms with van der Waals surface area (Å²) in [5, 5.41) is 3.83. The van der Waals surface area contributed by atoms with E-state index in [0.29, 0.717) is 11.7 Å². The van der Waals surface area contributed by atoms with E-state index >= 15 is 0 Å². The predicted octanol–water partition coefficient (Wildman–Crippen LogP) is 4.86. The lowest BCUT2D eigenvalue weighted by Crippen LogP contribution is -2.17. The van der Waals surface area contributed by atoms with Gasteiger partial charge in [-0.05, 0) is 36.1 Å². The lowest BCUT2D eigenvalue weighted by atomic mass is 9.99. The van der Waals surface area contributed by atoms with E-state index in [1.54, 1.807) is 11.8 Å². The fourth-order valence-corrected chi connectivity index (χ4v) is 4.77. The van der Waals surface area contributed by atoms with Crippen LogP contribution in [0.2, 0.25) is 0 Å². The molecule has 0 spiro atoms. The fraction of sp³-hybridized carbons (Fsp3) is 0.333. The molecule has 1 fully saturated rings. The summed E-state index contributed by atoms with van der Waals surface area (Å²) in [7, 11) is 0. The highest BCUT2D eigenvalue weighted by atomic mass is 32.2. The Balaban J connectivity index is 1.69. The van der Waals surface area contributed by atoms with E-state index in [1.165, 1.54) is 42.0 Å². The molecule has 1 aliphatic rings. The van der Waals surface area contributed by atoms with Crippen molar-refractivity contribution in [3.05, 3.63) is 69.6 Å². The summed E-state index contributed by atoms with van der Waals surface area (Å²) in [5.74, 6) is 0. The molecule has 128 valence electrons. The van der Waals surface area contributed by atoms with Crippen molar-refractivity contribution in [1.82, 2.24) is 9.97 Å². The van der Waals surface area contributed by atoms with Gasteiger partial charge in [-0.1, -0.05) is 67.1 Å². The van der Waals surface area contributed by atoms with Crippen molar-refractivity contribution in [2.24, 2.45) is 0 Å². The Morgan fingerprint density at radius 1 is 1.12 bits per heavy atom. The zero-order chi connectivity index (χ0) is 17.2. The number of fused-ring (bicyclic) bond motifs is 1. The van der Waals surface area contributed by atoms with Gasteiger partial charge in [-0.2, -0.15) is 0 Å². The Bertz CT molecular complexity index is 952. The average Bonchev–Trinajstić information content (AvgIpc) is 3.12. The Kier molecular flexibility index (Phi) is 4.62. The lowest BCUT2D eigenvalue weighted by molar-refractivity contribution is 0.840. The molecule has 0 atom stereocenters. The third kappa shape index (κ3) is 3.49. The molecule has 3 nitrogen and oxygen atoms in total. The second kappa shape index (κ2) is 7.04. The zero-order valence-corrected chi connectivity index (χ0v) is 15.2. The Morgan fingerprint density at radius 2 is 1.88 bits per heavy atom. The van der Waals surface area contributed by atoms with E-state index in [0.717, 1.165) is 16.4 Å². The standard InChI is InChI=1S/C21H22N2OS/c1-14-19(13-16-9-6-8-15-7-2-5-12-18(15)16)22-21(23-20(14)24)25-17-10-3-4-11-17/h2,5-9,12,17H,3-4,10-11,13H2,1H3,(H,22,23,24). The van der Waals surface area contributed by atoms with Crippen LogP contribution >= 0.6 is 11.8 Å². The first-order valence-corrected chi connectivity index (χ1v) is 9.82. The number of nitrogens with zero attached hydrogens (tertiary/aromatic N) is 1. The maximum absolute atomic E-state index is 12.4. The summed E-state index contributed by atoms with van der Waals surface area (Å²) in [4.78, 5) is 20.1. The highest BCUT2D eigenvalue weighted by Crippen LogP contribution is 2.33. The Labute approximate surface area is 151 Å². The molecule has 0 aliphatic heterocycles. The van der Waals surface area contributed by atoms with Gasteiger partial charge in [-0.25, -0.2) is 4.98 Å². The van der Waals surface area contributed by atoms with Gasteiger partial charge in [0.15, 0.2) is 5.16 Å². The molecule has 1 aliphatic carbocycles. The molecular weight excluding hydrogens is 328 g/mol. The topological polar surface area (TPSA) is 45.8 Å². The van der Waals surface area contributed by atoms with Crippen molar-refractivity contribution in [2.45, 2.75) is 49.4 Å². The van der Waals surface area contributed by atoms with E-state index in [4.69, 9.17) is 4.98 Å². The van der Waals surface area contributed by atoms with Gasteiger partial charge in [0.25, 0.3) is 5.56 Å². The number of rotatable bonds is 4. The third-order valence-electron chi connectivity index (χ3n) is 5.05. The van der Waals surface area contributed by atoms with Gasteiger partial charge < -0.3 is 4.98 Å². The molecule has 4 rings (SSSR count). The molecule has 25 heavy (non-hydrogen) atoms. The number of hydrogen-bond acceptors (Lipinski definition) is 3. The largest absolute Gasteiger partial charge is 0.301 e. The third-order valence-corrected chi connectivity index (χ3v) is 6.27. The summed E-state index contributed by atoms with van der Waals surface area (Å²) in [6.07, 6.45) is 5.71. The number of H-pyrrole nitrogens is 1. The Morgan fingerprint density at radius 3 is 2.72 bits per heavy atom. The maximum Gasteiger partial charge on any atom is 0.254 e. The van der Waals surface area contributed by atoms with Crippen LogP contribution in [0, 0.1) is 6.92 Å². The van der Waals surface area contributed by atoms with Crippen LogP contribution in [0.4, 0.5) is 0 Å². The molecule has 1 saturated carbocycles. The quantitative estimate of drug-likeness (QED) is 0.684. The van der Waals surface area contributed by atoms with Crippen molar-refractivity contribution in [1.29, 1.82) is 0 Å². The van der Waals surface area contributed by atoms with Gasteiger partial charge >= 0.3 is 0 Å². The first-order chi connectivity index (χ1) is 12.2. The normalized spacial score (nSPS) is 15.1. The first kappa shape index (κ1) is 16.4. The summed E-state index contributed by atoms with van der Waals surface area (Å²) in [6.45, 7) is 1.87. The highest BCUT2D eigenvalue weighted by Gasteiger charge is 2.18. The number of hydrogen-bond donors (Lipinski definition) is 1. The van der Waals surface area contributed by atoms with Crippen LogP contribution in [-0.4, -0.2) is 15.2 Å². The number of thioether (sulfide) groups is 1. The number of aromatic nitrogens is 2. The van der Waals surface area contributed by atoms with E-state index in [2.05, 4.69) is 47.4 Å². The van der Waals surface area contributed by atoms with Gasteiger partial charge in [0.05, 0.1) is 5.69 Å². The van der Waals surface area contributed by atoms with E-state index < -0.39 is 0 Å². The number of aromatic amines is 1. The first-order valence-electron chi connectivity index (χ1n) is 8.94. The van der Waals surface area contributed by atoms with E-state index in [1.807, 2.05) is 6.92 Å². The minimum Gasteiger partial charge on any atom is -0.301 e. The number of benzene rings is 2. The minimum atomic E-state index is -0.00858. The van der Waals surface area contributed by atoms with Crippen molar-refractivity contribution in [3.63, 3.8) is 0 Å². The van der Waals surface area contributed by atoms with Crippen LogP contribution in [-0.2, 0) is 6.42 Å². The van der Waals surface area contributed by atoms with Crippen LogP contribution in [0.5, 0.6) is 0 Å². The summed E-state index contributed by atoms with van der Waals surface area (Å²) < 4.78 is 0. The molecule has 4 heteroatoms. The van der Waals surface area contributed by atoms with Crippen LogP contribution in [0.25, 0.3) is 10.8 Å². The van der Waals surface area contributed by atoms with Crippen molar-refractivity contribution in [2.75, 3.05) is 0 Å². The summed E-state index contributed by atoms with van der Waals surface area (Å²) in [6, 6.07) is 14.7. The van der Waals surface area contributed by atoms with E-state index in [9.17, 15) is 4.79 Å². The van der Waals surface area contributed by atoms with Gasteiger partial charge in [0.2, 0.25) is 0 Å². The van der Waals surface area contributed by atoms with Gasteiger partial charge in [-0.3, -0.25) is 4.79 Å². The molecule has 0 saturated heterocycles. The van der Waals surface area contributed by atoms with E-state index in [-0.39, 0.29) is 5.56 Å². The molecule has 0 bridgehead atoms. The van der Waals surface area contributed by atoms with Crippen LogP contribution in [0.15, 0.2) is 52.4 Å². The fourth-order valence-electron chi connectivity index (χ4n) is 3.58. The van der Waals surface area contributed by atoms with Crippen LogP contribution in [0.3, 0.4) is 0 Å². The minimum absolute atomic E-state index is 0.00858. The molecule has 2 aromatic carbocycles. The summed E-state index contributed by atoms with van der Waals surface area (Å²) in [5.41, 5.74) is 2.83. The summed E-state index contributed by atoms with van der Waals surface area (Å²) >= 11 is 1.74. The predicted molar refractivity (Wildman–Crippen MR) is 104 cm³/mol. The average molecular weight is 350 g/mol. The molecule has 0 unspecified atom stereocenters.